The minimum atomic E-state index is -1.30. The number of ether oxygens (including phenoxy) is 2. The van der Waals surface area contributed by atoms with Crippen LogP contribution in [0.25, 0.3) is 0 Å². The van der Waals surface area contributed by atoms with Crippen molar-refractivity contribution in [3.05, 3.63) is 167 Å². The molecule has 4 heteroatoms. The average Bonchev–Trinajstić information content (AvgIpc) is 3.05. The van der Waals surface area contributed by atoms with Crippen molar-refractivity contribution >= 4 is 0 Å². The third-order valence-corrected chi connectivity index (χ3v) is 8.32. The van der Waals surface area contributed by atoms with Gasteiger partial charge in [0.2, 0.25) is 0 Å². The van der Waals surface area contributed by atoms with Crippen molar-refractivity contribution in [1.82, 2.24) is 4.90 Å². The molecule has 0 aromatic heterocycles. The van der Waals surface area contributed by atoms with Gasteiger partial charge in [-0.25, -0.2) is 0 Å². The minimum absolute atomic E-state index is 0.135. The Morgan fingerprint density at radius 3 is 1.71 bits per heavy atom. The van der Waals surface area contributed by atoms with Crippen molar-refractivity contribution in [2.45, 2.75) is 30.7 Å². The second-order valence-electron chi connectivity index (χ2n) is 10.6. The average molecular weight is 542 g/mol. The molecule has 41 heavy (non-hydrogen) atoms. The lowest BCUT2D eigenvalue weighted by molar-refractivity contribution is -0.0429. The second kappa shape index (κ2) is 11.6. The van der Waals surface area contributed by atoms with E-state index in [9.17, 15) is 5.11 Å². The smallest absolute Gasteiger partial charge is 0.161 e. The molecule has 0 saturated heterocycles. The van der Waals surface area contributed by atoms with Gasteiger partial charge in [0, 0.05) is 6.54 Å². The molecule has 0 bridgehead atoms. The van der Waals surface area contributed by atoms with Gasteiger partial charge in [-0.05, 0) is 51.9 Å². The summed E-state index contributed by atoms with van der Waals surface area (Å²) < 4.78 is 11.5. The normalized spacial score (nSPS) is 17.0. The lowest BCUT2D eigenvalue weighted by Crippen LogP contribution is -2.56. The summed E-state index contributed by atoms with van der Waals surface area (Å²) in [5, 5.41) is 13.1. The van der Waals surface area contributed by atoms with Crippen LogP contribution in [-0.2, 0) is 18.6 Å². The molecule has 0 saturated carbocycles. The van der Waals surface area contributed by atoms with Gasteiger partial charge in [-0.1, -0.05) is 121 Å². The Balaban J connectivity index is 1.64. The number of nitrogens with zero attached hydrogens (tertiary/aromatic N) is 1. The molecule has 1 aliphatic rings. The Morgan fingerprint density at radius 2 is 1.17 bits per heavy atom. The van der Waals surface area contributed by atoms with Gasteiger partial charge in [-0.3, -0.25) is 4.90 Å². The molecule has 2 atom stereocenters. The SMILES string of the molecule is COc1cc2c(cc1OC)[C@@H](c1ccccc1)N(Cc1ccccc1)[C@H](C(O)(c1ccccc1)c1ccccc1)C2. The first-order valence-electron chi connectivity index (χ1n) is 14.1. The quantitative estimate of drug-likeness (QED) is 0.226. The number of fused-ring (bicyclic) bond motifs is 1. The number of rotatable bonds is 8. The predicted molar refractivity (Wildman–Crippen MR) is 163 cm³/mol. The molecule has 0 spiro atoms. The monoisotopic (exact) mass is 541 g/mol. The fraction of sp³-hybridized carbons (Fsp3) is 0.189. The molecule has 1 aliphatic heterocycles. The first-order chi connectivity index (χ1) is 20.1. The summed E-state index contributed by atoms with van der Waals surface area (Å²) in [6, 6.07) is 45.0. The molecule has 206 valence electrons. The Labute approximate surface area is 242 Å². The van der Waals surface area contributed by atoms with E-state index in [1.165, 1.54) is 5.56 Å². The van der Waals surface area contributed by atoms with E-state index in [2.05, 4.69) is 65.6 Å². The molecular formula is C37H35NO3. The molecule has 1 N–H and O–H groups in total. The predicted octanol–water partition coefficient (Wildman–Crippen LogP) is 7.16. The Bertz CT molecular complexity index is 1530. The van der Waals surface area contributed by atoms with Gasteiger partial charge in [0.15, 0.2) is 11.5 Å². The van der Waals surface area contributed by atoms with Gasteiger partial charge >= 0.3 is 0 Å². The summed E-state index contributed by atoms with van der Waals surface area (Å²) in [5.41, 5.74) is 5.07. The number of methoxy groups -OCH3 is 2. The molecular weight excluding hydrogens is 506 g/mol. The van der Waals surface area contributed by atoms with Crippen molar-refractivity contribution in [2.24, 2.45) is 0 Å². The van der Waals surface area contributed by atoms with Crippen molar-refractivity contribution in [3.63, 3.8) is 0 Å². The van der Waals surface area contributed by atoms with Crippen LogP contribution >= 0.6 is 0 Å². The van der Waals surface area contributed by atoms with Crippen LogP contribution in [0, 0.1) is 0 Å². The van der Waals surface area contributed by atoms with Crippen LogP contribution in [-0.4, -0.2) is 30.3 Å². The fourth-order valence-corrected chi connectivity index (χ4v) is 6.38. The Kier molecular flexibility index (Phi) is 7.60. The van der Waals surface area contributed by atoms with Gasteiger partial charge in [0.05, 0.1) is 26.3 Å². The number of hydrogen-bond donors (Lipinski definition) is 1. The van der Waals surface area contributed by atoms with Crippen LogP contribution in [0.5, 0.6) is 11.5 Å². The maximum atomic E-state index is 13.1. The highest BCUT2D eigenvalue weighted by Gasteiger charge is 2.49. The van der Waals surface area contributed by atoms with Crippen molar-refractivity contribution < 1.29 is 14.6 Å². The highest BCUT2D eigenvalue weighted by molar-refractivity contribution is 5.53. The third-order valence-electron chi connectivity index (χ3n) is 8.32. The van der Waals surface area contributed by atoms with E-state index in [1.54, 1.807) is 14.2 Å². The fourth-order valence-electron chi connectivity index (χ4n) is 6.38. The molecule has 0 aliphatic carbocycles. The second-order valence-corrected chi connectivity index (χ2v) is 10.6. The van der Waals surface area contributed by atoms with Crippen LogP contribution in [0.3, 0.4) is 0 Å². The Hall–Kier alpha value is -4.38. The van der Waals surface area contributed by atoms with E-state index in [1.807, 2.05) is 72.8 Å². The third kappa shape index (κ3) is 5.01. The van der Waals surface area contributed by atoms with Gasteiger partial charge < -0.3 is 14.6 Å². The number of benzene rings is 5. The van der Waals surface area contributed by atoms with Gasteiger partial charge in [0.1, 0.15) is 5.60 Å². The van der Waals surface area contributed by atoms with Gasteiger partial charge in [-0.2, -0.15) is 0 Å². The van der Waals surface area contributed by atoms with E-state index in [4.69, 9.17) is 9.47 Å². The summed E-state index contributed by atoms with van der Waals surface area (Å²) in [6.45, 7) is 0.654. The van der Waals surface area contributed by atoms with E-state index in [0.29, 0.717) is 24.5 Å². The summed E-state index contributed by atoms with van der Waals surface area (Å²) in [7, 11) is 3.35. The van der Waals surface area contributed by atoms with Crippen LogP contribution in [0.1, 0.15) is 39.4 Å². The lowest BCUT2D eigenvalue weighted by Gasteiger charge is -2.50. The largest absolute Gasteiger partial charge is 0.493 e. The zero-order valence-electron chi connectivity index (χ0n) is 23.5. The van der Waals surface area contributed by atoms with Gasteiger partial charge in [0.25, 0.3) is 0 Å². The standard InChI is InChI=1S/C37H35NO3/c1-40-33-23-29-24-35(37(39,30-19-11-5-12-20-30)31-21-13-6-14-22-31)38(26-27-15-7-3-8-16-27)36(28-17-9-4-10-18-28)32(29)25-34(33)41-2/h3-23,25,35-36,39H,24,26H2,1-2H3/t35-,36+/m0/s1. The molecule has 0 radical (unpaired) electrons. The minimum Gasteiger partial charge on any atom is -0.493 e. The Morgan fingerprint density at radius 1 is 0.683 bits per heavy atom. The zero-order valence-corrected chi connectivity index (χ0v) is 23.5. The molecule has 1 heterocycles. The van der Waals surface area contributed by atoms with Gasteiger partial charge in [-0.15, -0.1) is 0 Å². The maximum Gasteiger partial charge on any atom is 0.161 e. The van der Waals surface area contributed by atoms with E-state index in [-0.39, 0.29) is 12.1 Å². The van der Waals surface area contributed by atoms with Crippen LogP contribution in [0.4, 0.5) is 0 Å². The highest BCUT2D eigenvalue weighted by Crippen LogP contribution is 2.49. The van der Waals surface area contributed by atoms with Crippen molar-refractivity contribution in [2.75, 3.05) is 14.2 Å². The first kappa shape index (κ1) is 26.8. The molecule has 0 unspecified atom stereocenters. The molecule has 0 fully saturated rings. The van der Waals surface area contributed by atoms with E-state index < -0.39 is 5.60 Å². The summed E-state index contributed by atoms with van der Waals surface area (Å²) in [6.07, 6.45) is 0.617. The molecule has 0 amide bonds. The maximum absolute atomic E-state index is 13.1. The molecule has 5 aromatic rings. The summed E-state index contributed by atoms with van der Waals surface area (Å²) in [4.78, 5) is 2.47. The highest BCUT2D eigenvalue weighted by atomic mass is 16.5. The summed E-state index contributed by atoms with van der Waals surface area (Å²) in [5.74, 6) is 1.39. The van der Waals surface area contributed by atoms with E-state index >= 15 is 0 Å². The van der Waals surface area contributed by atoms with Crippen LogP contribution in [0.2, 0.25) is 0 Å². The topological polar surface area (TPSA) is 41.9 Å². The first-order valence-corrected chi connectivity index (χ1v) is 14.1. The number of aliphatic hydroxyl groups is 1. The molecule has 6 rings (SSSR count). The van der Waals surface area contributed by atoms with Crippen LogP contribution in [0.15, 0.2) is 133 Å². The van der Waals surface area contributed by atoms with Crippen LogP contribution < -0.4 is 9.47 Å². The van der Waals surface area contributed by atoms with Crippen molar-refractivity contribution in [3.8, 4) is 11.5 Å². The molecule has 5 aromatic carbocycles. The zero-order chi connectivity index (χ0) is 28.2. The summed E-state index contributed by atoms with van der Waals surface area (Å²) >= 11 is 0. The lowest BCUT2D eigenvalue weighted by atomic mass is 9.72. The van der Waals surface area contributed by atoms with E-state index in [0.717, 1.165) is 27.8 Å². The van der Waals surface area contributed by atoms with Crippen molar-refractivity contribution in [1.29, 1.82) is 0 Å². The number of hydrogen-bond acceptors (Lipinski definition) is 4. The molecule has 4 nitrogen and oxygen atoms in total.